The van der Waals surface area contributed by atoms with E-state index in [1.807, 2.05) is 12.1 Å². The van der Waals surface area contributed by atoms with Crippen molar-refractivity contribution < 1.29 is 13.9 Å². The van der Waals surface area contributed by atoms with Crippen molar-refractivity contribution in [3.8, 4) is 28.4 Å². The van der Waals surface area contributed by atoms with Crippen molar-refractivity contribution in [2.45, 2.75) is 0 Å². The predicted molar refractivity (Wildman–Crippen MR) is 126 cm³/mol. The second-order valence-electron chi connectivity index (χ2n) is 7.41. The molecule has 0 fully saturated rings. The number of carbonyl (C=O) groups is 1. The number of aryl methyl sites for hydroxylation is 1. The van der Waals surface area contributed by atoms with Gasteiger partial charge in [-0.25, -0.2) is 19.2 Å². The molecule has 2 aromatic carbocycles. The first kappa shape index (κ1) is 21.5. The molecule has 10 heteroatoms. The lowest BCUT2D eigenvalue weighted by atomic mass is 10.0. The number of ether oxygens (including phenoxy) is 1. The number of carbonyl (C=O) groups excluding carboxylic acids is 1. The Bertz CT molecular complexity index is 1550. The number of anilines is 1. The fraction of sp³-hybridized carbons (Fsp3) is 0.0417. The number of benzene rings is 2. The van der Waals surface area contributed by atoms with Crippen LogP contribution in [0.5, 0.6) is 5.75 Å². The first-order valence-electron chi connectivity index (χ1n) is 10.1. The van der Waals surface area contributed by atoms with Crippen molar-refractivity contribution in [2.75, 3.05) is 5.73 Å². The SMILES string of the molecule is Cn1ccc(-c2nc(N)c(C(=O)Oc3ccc(F)cc3)nc2-c2cc(Cl)c3ncccc3c2)n1. The number of nitrogens with zero attached hydrogens (tertiary/aromatic N) is 5. The summed E-state index contributed by atoms with van der Waals surface area (Å²) in [4.78, 5) is 26.2. The average Bonchev–Trinajstić information content (AvgIpc) is 3.26. The molecule has 0 saturated heterocycles. The van der Waals surface area contributed by atoms with E-state index < -0.39 is 11.8 Å². The number of esters is 1. The molecule has 0 aliphatic carbocycles. The second kappa shape index (κ2) is 8.53. The largest absolute Gasteiger partial charge is 0.422 e. The summed E-state index contributed by atoms with van der Waals surface area (Å²) in [5, 5.41) is 5.60. The molecule has 5 rings (SSSR count). The summed E-state index contributed by atoms with van der Waals surface area (Å²) in [6, 6.07) is 14.0. The number of nitrogens with two attached hydrogens (primary N) is 1. The predicted octanol–water partition coefficient (Wildman–Crippen LogP) is 4.69. The van der Waals surface area contributed by atoms with Gasteiger partial charge in [0, 0.05) is 30.4 Å². The van der Waals surface area contributed by atoms with E-state index in [9.17, 15) is 9.18 Å². The van der Waals surface area contributed by atoms with E-state index in [0.717, 1.165) is 5.39 Å². The first-order chi connectivity index (χ1) is 16.4. The van der Waals surface area contributed by atoms with Gasteiger partial charge in [0.1, 0.15) is 23.0 Å². The first-order valence-corrected chi connectivity index (χ1v) is 10.5. The van der Waals surface area contributed by atoms with E-state index in [1.165, 1.54) is 24.3 Å². The number of hydrogen-bond donors (Lipinski definition) is 1. The quantitative estimate of drug-likeness (QED) is 0.297. The standard InChI is InChI=1S/C24H16ClFN6O2/c1-32-10-8-18(31-32)21-20(14-11-13-3-2-9-28-19(13)17(25)12-14)29-22(23(27)30-21)24(33)34-16-6-4-15(26)5-7-16/h2-12H,1H3,(H2,27,30). The number of nitrogen functional groups attached to an aromatic ring is 1. The second-order valence-corrected chi connectivity index (χ2v) is 7.81. The third-order valence-electron chi connectivity index (χ3n) is 5.03. The Morgan fingerprint density at radius 3 is 2.62 bits per heavy atom. The number of aromatic nitrogens is 5. The Kier molecular flexibility index (Phi) is 5.39. The molecule has 3 aromatic heterocycles. The van der Waals surface area contributed by atoms with Crippen LogP contribution >= 0.6 is 11.6 Å². The maximum Gasteiger partial charge on any atom is 0.366 e. The summed E-state index contributed by atoms with van der Waals surface area (Å²) in [6.45, 7) is 0. The number of pyridine rings is 1. The molecule has 0 atom stereocenters. The Morgan fingerprint density at radius 1 is 1.09 bits per heavy atom. The van der Waals surface area contributed by atoms with Crippen LogP contribution < -0.4 is 10.5 Å². The normalized spacial score (nSPS) is 11.0. The van der Waals surface area contributed by atoms with Crippen LogP contribution in [-0.4, -0.2) is 30.7 Å². The monoisotopic (exact) mass is 474 g/mol. The van der Waals surface area contributed by atoms with Gasteiger partial charge >= 0.3 is 5.97 Å². The highest BCUT2D eigenvalue weighted by molar-refractivity contribution is 6.35. The third-order valence-corrected chi connectivity index (χ3v) is 5.32. The lowest BCUT2D eigenvalue weighted by Crippen LogP contribution is -2.16. The summed E-state index contributed by atoms with van der Waals surface area (Å²) in [5.74, 6) is -1.28. The van der Waals surface area contributed by atoms with Crippen LogP contribution in [0.3, 0.4) is 0 Å². The van der Waals surface area contributed by atoms with Gasteiger partial charge in [-0.15, -0.1) is 0 Å². The fourth-order valence-corrected chi connectivity index (χ4v) is 3.74. The van der Waals surface area contributed by atoms with Crippen LogP contribution in [0.2, 0.25) is 5.02 Å². The average molecular weight is 475 g/mol. The maximum atomic E-state index is 13.2. The summed E-state index contributed by atoms with van der Waals surface area (Å²) in [5.41, 5.74) is 8.36. The van der Waals surface area contributed by atoms with Gasteiger partial charge in [0.25, 0.3) is 0 Å². The zero-order valence-corrected chi connectivity index (χ0v) is 18.5. The van der Waals surface area contributed by atoms with E-state index >= 15 is 0 Å². The van der Waals surface area contributed by atoms with Gasteiger partial charge in [0.15, 0.2) is 11.5 Å². The smallest absolute Gasteiger partial charge is 0.366 e. The lowest BCUT2D eigenvalue weighted by Gasteiger charge is -2.12. The molecule has 0 unspecified atom stereocenters. The molecule has 0 spiro atoms. The van der Waals surface area contributed by atoms with Crippen molar-refractivity contribution in [1.82, 2.24) is 24.7 Å². The van der Waals surface area contributed by atoms with Crippen LogP contribution in [0.25, 0.3) is 33.5 Å². The lowest BCUT2D eigenvalue weighted by molar-refractivity contribution is 0.0729. The molecule has 8 nitrogen and oxygen atoms in total. The zero-order valence-electron chi connectivity index (χ0n) is 17.7. The molecule has 0 saturated carbocycles. The molecule has 0 bridgehead atoms. The molecule has 168 valence electrons. The molecule has 2 N–H and O–H groups in total. The van der Waals surface area contributed by atoms with Crippen LogP contribution in [0.1, 0.15) is 10.5 Å². The molecular formula is C24H16ClFN6O2. The van der Waals surface area contributed by atoms with Crippen molar-refractivity contribution >= 4 is 34.3 Å². The molecule has 0 radical (unpaired) electrons. The van der Waals surface area contributed by atoms with E-state index in [-0.39, 0.29) is 17.3 Å². The Hall–Kier alpha value is -4.37. The van der Waals surface area contributed by atoms with Crippen LogP contribution in [0.15, 0.2) is 67.0 Å². The van der Waals surface area contributed by atoms with E-state index in [4.69, 9.17) is 22.1 Å². The number of rotatable bonds is 4. The van der Waals surface area contributed by atoms with Gasteiger partial charge < -0.3 is 10.5 Å². The Morgan fingerprint density at radius 2 is 1.88 bits per heavy atom. The van der Waals surface area contributed by atoms with Crippen molar-refractivity contribution in [2.24, 2.45) is 7.05 Å². The molecule has 0 amide bonds. The highest BCUT2D eigenvalue weighted by Crippen LogP contribution is 2.34. The maximum absolute atomic E-state index is 13.2. The van der Waals surface area contributed by atoms with Gasteiger partial charge in [-0.3, -0.25) is 9.67 Å². The van der Waals surface area contributed by atoms with Gasteiger partial charge in [0.05, 0.1) is 16.2 Å². The zero-order chi connectivity index (χ0) is 23.8. The number of hydrogen-bond acceptors (Lipinski definition) is 7. The highest BCUT2D eigenvalue weighted by Gasteiger charge is 2.23. The Balaban J connectivity index is 1.67. The fourth-order valence-electron chi connectivity index (χ4n) is 3.46. The van der Waals surface area contributed by atoms with Gasteiger partial charge in [-0.2, -0.15) is 5.10 Å². The van der Waals surface area contributed by atoms with Crippen molar-refractivity contribution in [1.29, 1.82) is 0 Å². The van der Waals surface area contributed by atoms with Crippen LogP contribution in [-0.2, 0) is 7.05 Å². The summed E-state index contributed by atoms with van der Waals surface area (Å²) in [6.07, 6.45) is 3.41. The van der Waals surface area contributed by atoms with Crippen molar-refractivity contribution in [3.63, 3.8) is 0 Å². The van der Waals surface area contributed by atoms with Gasteiger partial charge in [-0.05, 0) is 48.5 Å². The van der Waals surface area contributed by atoms with E-state index in [1.54, 1.807) is 42.3 Å². The number of halogens is 2. The van der Waals surface area contributed by atoms with E-state index in [0.29, 0.717) is 33.2 Å². The molecule has 3 heterocycles. The number of fused-ring (bicyclic) bond motifs is 1. The molecule has 0 aliphatic heterocycles. The third kappa shape index (κ3) is 4.04. The summed E-state index contributed by atoms with van der Waals surface area (Å²) < 4.78 is 20.1. The molecular weight excluding hydrogens is 459 g/mol. The Labute approximate surface area is 197 Å². The van der Waals surface area contributed by atoms with Gasteiger partial charge in [-0.1, -0.05) is 17.7 Å². The summed E-state index contributed by atoms with van der Waals surface area (Å²) in [7, 11) is 1.77. The highest BCUT2D eigenvalue weighted by atomic mass is 35.5. The van der Waals surface area contributed by atoms with Crippen LogP contribution in [0, 0.1) is 5.82 Å². The minimum atomic E-state index is -0.834. The topological polar surface area (TPSA) is 109 Å². The minimum Gasteiger partial charge on any atom is -0.422 e. The molecule has 0 aliphatic rings. The molecule has 5 aromatic rings. The van der Waals surface area contributed by atoms with Crippen molar-refractivity contribution in [3.05, 3.63) is 83.5 Å². The van der Waals surface area contributed by atoms with E-state index in [2.05, 4.69) is 20.1 Å². The minimum absolute atomic E-state index is 0.134. The molecule has 34 heavy (non-hydrogen) atoms. The summed E-state index contributed by atoms with van der Waals surface area (Å²) >= 11 is 6.49. The van der Waals surface area contributed by atoms with Gasteiger partial charge in [0.2, 0.25) is 0 Å². The van der Waals surface area contributed by atoms with Crippen LogP contribution in [0.4, 0.5) is 10.2 Å².